The molecule has 26 heavy (non-hydrogen) atoms. The number of carbonyl (C=O) groups is 2. The monoisotopic (exact) mass is 436 g/mol. The Morgan fingerprint density at radius 2 is 2.12 bits per heavy atom. The Hall–Kier alpha value is -1.86. The van der Waals surface area contributed by atoms with E-state index in [1.807, 2.05) is 13.0 Å². The van der Waals surface area contributed by atoms with Gasteiger partial charge in [-0.05, 0) is 55.4 Å². The number of benzene rings is 1. The van der Waals surface area contributed by atoms with Gasteiger partial charge in [-0.25, -0.2) is 0 Å². The van der Waals surface area contributed by atoms with Crippen molar-refractivity contribution >= 4 is 44.1 Å². The molecule has 2 amide bonds. The van der Waals surface area contributed by atoms with Crippen LogP contribution in [0.3, 0.4) is 0 Å². The minimum atomic E-state index is -0.496. The number of anilines is 1. The van der Waals surface area contributed by atoms with Crippen LogP contribution >= 0.6 is 27.3 Å². The van der Waals surface area contributed by atoms with E-state index in [1.54, 1.807) is 6.07 Å². The topological polar surface area (TPSA) is 81.4 Å². The van der Waals surface area contributed by atoms with Gasteiger partial charge in [0.15, 0.2) is 0 Å². The molecule has 0 fully saturated rings. The molecule has 0 bridgehead atoms. The van der Waals surface area contributed by atoms with Gasteiger partial charge in [0.1, 0.15) is 10.8 Å². The zero-order chi connectivity index (χ0) is 19.0. The highest BCUT2D eigenvalue weighted by atomic mass is 79.9. The number of methoxy groups -OCH3 is 1. The molecule has 1 aliphatic carbocycles. The molecule has 7 heteroatoms. The molecular weight excluding hydrogens is 416 g/mol. The normalized spacial score (nSPS) is 16.1. The molecule has 0 radical (unpaired) electrons. The third-order valence-corrected chi connectivity index (χ3v) is 6.30. The highest BCUT2D eigenvalue weighted by Crippen LogP contribution is 2.40. The Bertz CT molecular complexity index is 891. The fourth-order valence-electron chi connectivity index (χ4n) is 3.44. The number of fused-ring (bicyclic) bond motifs is 1. The first-order valence-electron chi connectivity index (χ1n) is 8.41. The summed E-state index contributed by atoms with van der Waals surface area (Å²) in [5, 5.41) is 3.42. The van der Waals surface area contributed by atoms with Crippen molar-refractivity contribution in [1.82, 2.24) is 0 Å². The number of nitrogens with one attached hydrogen (secondary N) is 1. The number of carbonyl (C=O) groups excluding carboxylic acids is 2. The smallest absolute Gasteiger partial charge is 0.260 e. The number of rotatable bonds is 4. The Kier molecular flexibility index (Phi) is 5.39. The third kappa shape index (κ3) is 3.50. The Morgan fingerprint density at radius 3 is 2.77 bits per heavy atom. The summed E-state index contributed by atoms with van der Waals surface area (Å²) < 4.78 is 6.18. The van der Waals surface area contributed by atoms with E-state index in [2.05, 4.69) is 28.2 Å². The van der Waals surface area contributed by atoms with Crippen LogP contribution in [0, 0.1) is 12.8 Å². The summed E-state index contributed by atoms with van der Waals surface area (Å²) in [5.41, 5.74) is 8.33. The number of primary amides is 1. The first kappa shape index (κ1) is 18.9. The number of thiophene rings is 1. The van der Waals surface area contributed by atoms with E-state index < -0.39 is 5.91 Å². The van der Waals surface area contributed by atoms with Crippen molar-refractivity contribution in [2.45, 2.75) is 33.1 Å². The summed E-state index contributed by atoms with van der Waals surface area (Å²) >= 11 is 4.87. The second kappa shape index (κ2) is 7.40. The van der Waals surface area contributed by atoms with Crippen molar-refractivity contribution in [2.24, 2.45) is 11.7 Å². The first-order chi connectivity index (χ1) is 12.3. The van der Waals surface area contributed by atoms with E-state index in [1.165, 1.54) is 18.4 Å². The summed E-state index contributed by atoms with van der Waals surface area (Å²) in [6.07, 6.45) is 2.76. The van der Waals surface area contributed by atoms with Crippen LogP contribution in [-0.4, -0.2) is 18.9 Å². The van der Waals surface area contributed by atoms with Gasteiger partial charge in [0.2, 0.25) is 0 Å². The number of ether oxygens (including phenoxy) is 1. The van der Waals surface area contributed by atoms with Gasteiger partial charge < -0.3 is 15.8 Å². The maximum atomic E-state index is 12.9. The number of hydrogen-bond donors (Lipinski definition) is 2. The van der Waals surface area contributed by atoms with Crippen LogP contribution in [0.15, 0.2) is 16.6 Å². The average molecular weight is 437 g/mol. The number of amides is 2. The van der Waals surface area contributed by atoms with Crippen LogP contribution in [-0.2, 0) is 12.8 Å². The van der Waals surface area contributed by atoms with Crippen molar-refractivity contribution in [1.29, 1.82) is 0 Å². The quantitative estimate of drug-likeness (QED) is 0.748. The molecule has 2 aromatic rings. The standard InChI is InChI=1S/C19H21BrN2O3S/c1-9-4-5-12-14(6-9)26-19(15(12)17(21)23)22-18(24)13-8-11(20)7-10(2)16(13)25-3/h7-9H,4-6H2,1-3H3,(H2,21,23)(H,22,24). The van der Waals surface area contributed by atoms with E-state index in [-0.39, 0.29) is 5.91 Å². The van der Waals surface area contributed by atoms with Crippen molar-refractivity contribution in [3.8, 4) is 5.75 Å². The number of aryl methyl sites for hydroxylation is 1. The van der Waals surface area contributed by atoms with Gasteiger partial charge in [0, 0.05) is 9.35 Å². The predicted molar refractivity (Wildman–Crippen MR) is 107 cm³/mol. The summed E-state index contributed by atoms with van der Waals surface area (Å²) in [4.78, 5) is 26.1. The molecule has 5 nitrogen and oxygen atoms in total. The van der Waals surface area contributed by atoms with Crippen LogP contribution in [0.5, 0.6) is 5.75 Å². The lowest BCUT2D eigenvalue weighted by Crippen LogP contribution is -2.19. The fraction of sp³-hybridized carbons (Fsp3) is 0.368. The van der Waals surface area contributed by atoms with Gasteiger partial charge in [0.05, 0.1) is 18.2 Å². The molecule has 1 unspecified atom stereocenters. The molecule has 1 aliphatic rings. The van der Waals surface area contributed by atoms with Gasteiger partial charge in [-0.15, -0.1) is 11.3 Å². The molecule has 3 N–H and O–H groups in total. The Morgan fingerprint density at radius 1 is 1.38 bits per heavy atom. The van der Waals surface area contributed by atoms with E-state index in [4.69, 9.17) is 10.5 Å². The van der Waals surface area contributed by atoms with Crippen molar-refractivity contribution < 1.29 is 14.3 Å². The molecule has 0 saturated heterocycles. The van der Waals surface area contributed by atoms with E-state index in [0.717, 1.165) is 39.7 Å². The molecule has 3 rings (SSSR count). The summed E-state index contributed by atoms with van der Waals surface area (Å²) in [6.45, 7) is 4.07. The van der Waals surface area contributed by atoms with E-state index in [0.29, 0.717) is 27.8 Å². The molecule has 0 aliphatic heterocycles. The minimum Gasteiger partial charge on any atom is -0.496 e. The van der Waals surface area contributed by atoms with Crippen LogP contribution in [0.2, 0.25) is 0 Å². The fourth-order valence-corrected chi connectivity index (χ4v) is 5.42. The van der Waals surface area contributed by atoms with Crippen molar-refractivity contribution in [3.05, 3.63) is 43.7 Å². The highest BCUT2D eigenvalue weighted by molar-refractivity contribution is 9.10. The number of hydrogen-bond acceptors (Lipinski definition) is 4. The van der Waals surface area contributed by atoms with Gasteiger partial charge in [0.25, 0.3) is 11.8 Å². The molecule has 1 heterocycles. The average Bonchev–Trinajstić information content (AvgIpc) is 2.91. The summed E-state index contributed by atoms with van der Waals surface area (Å²) in [7, 11) is 1.53. The maximum Gasteiger partial charge on any atom is 0.260 e. The molecule has 1 atom stereocenters. The predicted octanol–water partition coefficient (Wildman–Crippen LogP) is 4.30. The lowest BCUT2D eigenvalue weighted by molar-refractivity contribution is 0.1000. The van der Waals surface area contributed by atoms with Crippen molar-refractivity contribution in [2.75, 3.05) is 12.4 Å². The summed E-state index contributed by atoms with van der Waals surface area (Å²) in [5.74, 6) is 0.268. The zero-order valence-corrected chi connectivity index (χ0v) is 17.3. The molecular formula is C19H21BrN2O3S. The lowest BCUT2D eigenvalue weighted by atomic mass is 9.88. The van der Waals surface area contributed by atoms with Crippen LogP contribution in [0.1, 0.15) is 50.1 Å². The van der Waals surface area contributed by atoms with Crippen molar-refractivity contribution in [3.63, 3.8) is 0 Å². The summed E-state index contributed by atoms with van der Waals surface area (Å²) in [6, 6.07) is 3.59. The second-order valence-electron chi connectivity index (χ2n) is 6.68. The Labute approximate surface area is 165 Å². The van der Waals surface area contributed by atoms with E-state index in [9.17, 15) is 9.59 Å². The minimum absolute atomic E-state index is 0.319. The maximum absolute atomic E-state index is 12.9. The van der Waals surface area contributed by atoms with Crippen LogP contribution in [0.4, 0.5) is 5.00 Å². The highest BCUT2D eigenvalue weighted by Gasteiger charge is 2.28. The molecule has 1 aromatic carbocycles. The van der Waals surface area contributed by atoms with Crippen LogP contribution < -0.4 is 15.8 Å². The number of nitrogens with two attached hydrogens (primary N) is 1. The van der Waals surface area contributed by atoms with Crippen LogP contribution in [0.25, 0.3) is 0 Å². The largest absolute Gasteiger partial charge is 0.496 e. The second-order valence-corrected chi connectivity index (χ2v) is 8.70. The van der Waals surface area contributed by atoms with Gasteiger partial charge >= 0.3 is 0 Å². The molecule has 0 spiro atoms. The third-order valence-electron chi connectivity index (χ3n) is 4.67. The first-order valence-corrected chi connectivity index (χ1v) is 10.0. The van der Waals surface area contributed by atoms with Gasteiger partial charge in [-0.1, -0.05) is 22.9 Å². The van der Waals surface area contributed by atoms with Gasteiger partial charge in [-0.2, -0.15) is 0 Å². The molecule has 0 saturated carbocycles. The molecule has 1 aromatic heterocycles. The van der Waals surface area contributed by atoms with Gasteiger partial charge in [-0.3, -0.25) is 9.59 Å². The Balaban J connectivity index is 2.00. The number of halogens is 1. The van der Waals surface area contributed by atoms with E-state index >= 15 is 0 Å². The molecule has 138 valence electrons. The SMILES string of the molecule is COc1c(C)cc(Br)cc1C(=O)Nc1sc2c(c1C(N)=O)CCC(C)C2. The lowest BCUT2D eigenvalue weighted by Gasteiger charge is -2.18. The zero-order valence-electron chi connectivity index (χ0n) is 14.9.